The van der Waals surface area contributed by atoms with E-state index in [0.29, 0.717) is 32.0 Å². The summed E-state index contributed by atoms with van der Waals surface area (Å²) < 4.78 is 10.8. The first-order valence-electron chi connectivity index (χ1n) is 6.75. The van der Waals surface area contributed by atoms with Crippen LogP contribution in [-0.2, 0) is 14.3 Å². The second-order valence-corrected chi connectivity index (χ2v) is 5.89. The normalized spacial score (nSPS) is 23.0. The van der Waals surface area contributed by atoms with E-state index in [-0.39, 0.29) is 23.1 Å². The van der Waals surface area contributed by atoms with Gasteiger partial charge in [-0.15, -0.1) is 0 Å². The molecule has 20 heavy (non-hydrogen) atoms. The molecular formula is C13H23N3O3S. The summed E-state index contributed by atoms with van der Waals surface area (Å²) in [6.07, 6.45) is 1.05. The molecular weight excluding hydrogens is 278 g/mol. The average Bonchev–Trinajstić information content (AvgIpc) is 2.67. The van der Waals surface area contributed by atoms with Crippen molar-refractivity contribution in [3.05, 3.63) is 0 Å². The van der Waals surface area contributed by atoms with Crippen LogP contribution in [0, 0.1) is 11.8 Å². The Morgan fingerprint density at radius 2 is 2.35 bits per heavy atom. The van der Waals surface area contributed by atoms with E-state index in [2.05, 4.69) is 36.6 Å². The third kappa shape index (κ3) is 6.29. The molecule has 6 nitrogen and oxygen atoms in total. The van der Waals surface area contributed by atoms with Crippen LogP contribution in [0.2, 0.25) is 0 Å². The molecule has 0 spiro atoms. The largest absolute Gasteiger partial charge is 0.460 e. The summed E-state index contributed by atoms with van der Waals surface area (Å²) in [4.78, 5) is 11.8. The minimum Gasteiger partial charge on any atom is -0.460 e. The molecule has 1 fully saturated rings. The first-order valence-corrected chi connectivity index (χ1v) is 7.16. The summed E-state index contributed by atoms with van der Waals surface area (Å²) in [6.45, 7) is 7.12. The zero-order chi connectivity index (χ0) is 15.1. The van der Waals surface area contributed by atoms with Gasteiger partial charge in [0.15, 0.2) is 5.11 Å². The van der Waals surface area contributed by atoms with E-state index in [0.717, 1.165) is 5.71 Å². The van der Waals surface area contributed by atoms with Gasteiger partial charge in [0.05, 0.1) is 12.5 Å². The third-order valence-corrected chi connectivity index (χ3v) is 2.91. The number of cyclic esters (lactones) is 1. The Bertz CT molecular complexity index is 385. The lowest BCUT2D eigenvalue weighted by Gasteiger charge is -2.11. The minimum atomic E-state index is -0.187. The molecule has 0 saturated carbocycles. The average molecular weight is 301 g/mol. The smallest absolute Gasteiger partial charge is 0.309 e. The molecule has 0 bridgehead atoms. The summed E-state index contributed by atoms with van der Waals surface area (Å²) in [7, 11) is 0. The summed E-state index contributed by atoms with van der Waals surface area (Å²) in [6, 6.07) is 0. The van der Waals surface area contributed by atoms with Gasteiger partial charge in [-0.05, 0) is 25.1 Å². The van der Waals surface area contributed by atoms with Crippen molar-refractivity contribution in [2.45, 2.75) is 39.7 Å². The van der Waals surface area contributed by atoms with Crippen molar-refractivity contribution in [1.82, 2.24) is 5.43 Å². The van der Waals surface area contributed by atoms with Crippen LogP contribution in [0.15, 0.2) is 5.10 Å². The number of rotatable bonds is 7. The Balaban J connectivity index is 2.35. The molecule has 114 valence electrons. The van der Waals surface area contributed by atoms with Crippen molar-refractivity contribution in [1.29, 1.82) is 0 Å². The van der Waals surface area contributed by atoms with Crippen LogP contribution < -0.4 is 11.2 Å². The fourth-order valence-corrected chi connectivity index (χ4v) is 2.02. The number of carbonyl (C=O) groups excluding carboxylic acids is 1. The lowest BCUT2D eigenvalue weighted by Crippen LogP contribution is -2.25. The molecule has 0 aromatic carbocycles. The molecule has 1 aliphatic rings. The van der Waals surface area contributed by atoms with E-state index in [1.807, 2.05) is 6.92 Å². The van der Waals surface area contributed by atoms with Gasteiger partial charge in [0.25, 0.3) is 0 Å². The molecule has 2 atom stereocenters. The maximum atomic E-state index is 11.8. The van der Waals surface area contributed by atoms with Gasteiger partial charge in [0, 0.05) is 25.2 Å². The quantitative estimate of drug-likeness (QED) is 0.318. The van der Waals surface area contributed by atoms with Crippen molar-refractivity contribution >= 4 is 29.0 Å². The number of hydrazone groups is 1. The van der Waals surface area contributed by atoms with Gasteiger partial charge in [-0.3, -0.25) is 10.2 Å². The maximum Gasteiger partial charge on any atom is 0.309 e. The van der Waals surface area contributed by atoms with Gasteiger partial charge in [0.1, 0.15) is 6.10 Å². The number of nitrogens with zero attached hydrogens (tertiary/aromatic N) is 1. The molecule has 0 unspecified atom stereocenters. The first kappa shape index (κ1) is 16.8. The molecule has 1 aliphatic heterocycles. The predicted molar refractivity (Wildman–Crippen MR) is 81.3 cm³/mol. The molecule has 0 amide bonds. The number of thiocarbonyl (C=S) groups is 1. The van der Waals surface area contributed by atoms with Gasteiger partial charge < -0.3 is 15.2 Å². The van der Waals surface area contributed by atoms with E-state index in [9.17, 15) is 4.79 Å². The molecule has 7 heteroatoms. The van der Waals surface area contributed by atoms with Gasteiger partial charge >= 0.3 is 5.97 Å². The van der Waals surface area contributed by atoms with Crippen molar-refractivity contribution in [2.75, 3.05) is 13.2 Å². The number of nitrogens with two attached hydrogens (primary N) is 1. The highest BCUT2D eigenvalue weighted by atomic mass is 32.1. The van der Waals surface area contributed by atoms with E-state index < -0.39 is 0 Å². The zero-order valence-electron chi connectivity index (χ0n) is 12.2. The lowest BCUT2D eigenvalue weighted by molar-refractivity contribution is -0.146. The summed E-state index contributed by atoms with van der Waals surface area (Å²) in [5.74, 6) is 0.121. The SMILES string of the molecule is C/C(C[C@H]1C[C@H](COCC(C)C)OC1=O)=N/NC(N)=S. The zero-order valence-corrected chi connectivity index (χ0v) is 13.0. The van der Waals surface area contributed by atoms with Crippen molar-refractivity contribution < 1.29 is 14.3 Å². The second kappa shape index (κ2) is 8.16. The van der Waals surface area contributed by atoms with Crippen LogP contribution in [0.1, 0.15) is 33.6 Å². The van der Waals surface area contributed by atoms with Crippen LogP contribution in [-0.4, -0.2) is 36.1 Å². The van der Waals surface area contributed by atoms with Crippen LogP contribution in [0.3, 0.4) is 0 Å². The Hall–Kier alpha value is -1.21. The molecule has 1 rings (SSSR count). The number of esters is 1. The summed E-state index contributed by atoms with van der Waals surface area (Å²) in [5.41, 5.74) is 8.56. The number of carbonyl (C=O) groups is 1. The van der Waals surface area contributed by atoms with Crippen molar-refractivity contribution in [3.8, 4) is 0 Å². The molecule has 0 radical (unpaired) electrons. The molecule has 0 aliphatic carbocycles. The molecule has 0 aromatic rings. The first-order chi connectivity index (χ1) is 9.38. The van der Waals surface area contributed by atoms with Gasteiger partial charge in [0.2, 0.25) is 0 Å². The van der Waals surface area contributed by atoms with Crippen LogP contribution in [0.4, 0.5) is 0 Å². The highest BCUT2D eigenvalue weighted by Crippen LogP contribution is 2.24. The van der Waals surface area contributed by atoms with E-state index in [1.54, 1.807) is 0 Å². The second-order valence-electron chi connectivity index (χ2n) is 5.45. The number of hydrogen-bond donors (Lipinski definition) is 2. The van der Waals surface area contributed by atoms with Crippen molar-refractivity contribution in [2.24, 2.45) is 22.7 Å². The van der Waals surface area contributed by atoms with Gasteiger partial charge in [-0.1, -0.05) is 13.8 Å². The van der Waals surface area contributed by atoms with E-state index in [4.69, 9.17) is 15.2 Å². The third-order valence-electron chi connectivity index (χ3n) is 2.82. The van der Waals surface area contributed by atoms with Gasteiger partial charge in [-0.25, -0.2) is 0 Å². The van der Waals surface area contributed by atoms with Crippen LogP contribution >= 0.6 is 12.2 Å². The predicted octanol–water partition coefficient (Wildman–Crippen LogP) is 1.19. The fourth-order valence-electron chi connectivity index (χ4n) is 1.98. The molecule has 1 heterocycles. The minimum absolute atomic E-state index is 0.110. The maximum absolute atomic E-state index is 11.8. The Morgan fingerprint density at radius 1 is 1.65 bits per heavy atom. The number of ether oxygens (including phenoxy) is 2. The highest BCUT2D eigenvalue weighted by Gasteiger charge is 2.34. The van der Waals surface area contributed by atoms with Crippen LogP contribution in [0.5, 0.6) is 0 Å². The Kier molecular flexibility index (Phi) is 6.87. The Labute approximate surface area is 125 Å². The topological polar surface area (TPSA) is 85.9 Å². The lowest BCUT2D eigenvalue weighted by atomic mass is 9.99. The molecule has 0 aromatic heterocycles. The highest BCUT2D eigenvalue weighted by molar-refractivity contribution is 7.80. The van der Waals surface area contributed by atoms with Crippen LogP contribution in [0.25, 0.3) is 0 Å². The Morgan fingerprint density at radius 3 is 2.95 bits per heavy atom. The molecule has 3 N–H and O–H groups in total. The summed E-state index contributed by atoms with van der Waals surface area (Å²) >= 11 is 4.66. The number of nitrogens with one attached hydrogen (secondary N) is 1. The molecule has 1 saturated heterocycles. The van der Waals surface area contributed by atoms with Gasteiger partial charge in [-0.2, -0.15) is 5.10 Å². The van der Waals surface area contributed by atoms with E-state index >= 15 is 0 Å². The summed E-state index contributed by atoms with van der Waals surface area (Å²) in [5, 5.41) is 4.10. The monoisotopic (exact) mass is 301 g/mol. The fraction of sp³-hybridized carbons (Fsp3) is 0.769. The van der Waals surface area contributed by atoms with Crippen molar-refractivity contribution in [3.63, 3.8) is 0 Å². The standard InChI is InChI=1S/C13H23N3O3S/c1-8(2)6-18-7-11-5-10(12(17)19-11)4-9(3)15-16-13(14)20/h8,10-11H,4-7H2,1-3H3,(H3,14,16,20)/b15-9-/t10-,11+/m0/s1. The van der Waals surface area contributed by atoms with E-state index in [1.165, 1.54) is 0 Å². The number of hydrogen-bond acceptors (Lipinski definition) is 5.